The first-order valence-electron chi connectivity index (χ1n) is 7.48. The molecule has 0 unspecified atom stereocenters. The van der Waals surface area contributed by atoms with Crippen molar-refractivity contribution in [3.63, 3.8) is 0 Å². The lowest BCUT2D eigenvalue weighted by Gasteiger charge is -2.16. The van der Waals surface area contributed by atoms with Crippen LogP contribution < -0.4 is 26.8 Å². The van der Waals surface area contributed by atoms with Crippen molar-refractivity contribution >= 4 is 40.2 Å². The van der Waals surface area contributed by atoms with Gasteiger partial charge in [-0.15, -0.1) is 0 Å². The van der Waals surface area contributed by atoms with Crippen LogP contribution in [0.2, 0.25) is 0 Å². The van der Waals surface area contributed by atoms with Crippen molar-refractivity contribution in [3.8, 4) is 5.75 Å². The lowest BCUT2D eigenvalue weighted by atomic mass is 10.3. The molecule has 12 heteroatoms. The Morgan fingerprint density at radius 2 is 2.00 bits per heavy atom. The molecule has 0 atom stereocenters. The van der Waals surface area contributed by atoms with E-state index in [1.165, 1.54) is 26.2 Å². The molecule has 0 aliphatic carbocycles. The number of halogens is 2. The average molecular weight is 494 g/mol. The van der Waals surface area contributed by atoms with Crippen molar-refractivity contribution in [2.75, 3.05) is 18.5 Å². The van der Waals surface area contributed by atoms with E-state index in [4.69, 9.17) is 9.84 Å². The number of aliphatic hydroxyl groups excluding tert-OH is 1. The SMILES string of the molecule is Cn1c(Nc2ccc(I)cc2F)c(OC(=O)NOCCO)c(=O)n(C)c1=O. The van der Waals surface area contributed by atoms with E-state index in [0.717, 1.165) is 9.13 Å². The fourth-order valence-electron chi connectivity index (χ4n) is 2.03. The number of rotatable bonds is 6. The van der Waals surface area contributed by atoms with Crippen LogP contribution in [0.15, 0.2) is 27.8 Å². The van der Waals surface area contributed by atoms with Gasteiger partial charge in [-0.3, -0.25) is 18.8 Å². The Balaban J connectivity index is 2.47. The van der Waals surface area contributed by atoms with Crippen LogP contribution in [-0.4, -0.2) is 33.5 Å². The minimum Gasteiger partial charge on any atom is -0.399 e. The Bertz CT molecular complexity index is 974. The van der Waals surface area contributed by atoms with Crippen molar-refractivity contribution in [2.45, 2.75) is 0 Å². The van der Waals surface area contributed by atoms with E-state index in [1.807, 2.05) is 28.1 Å². The van der Waals surface area contributed by atoms with Gasteiger partial charge < -0.3 is 15.2 Å². The molecule has 0 fully saturated rings. The Morgan fingerprint density at radius 3 is 2.63 bits per heavy atom. The van der Waals surface area contributed by atoms with Crippen LogP contribution >= 0.6 is 22.6 Å². The summed E-state index contributed by atoms with van der Waals surface area (Å²) in [6, 6.07) is 4.27. The number of amides is 1. The molecule has 0 aliphatic rings. The van der Waals surface area contributed by atoms with E-state index >= 15 is 0 Å². The number of hydrogen-bond donors (Lipinski definition) is 3. The van der Waals surface area contributed by atoms with E-state index < -0.39 is 28.9 Å². The molecular weight excluding hydrogens is 478 g/mol. The maximum Gasteiger partial charge on any atom is 0.437 e. The predicted octanol–water partition coefficient (Wildman–Crippen LogP) is 0.584. The normalized spacial score (nSPS) is 10.6. The Kier molecular flexibility index (Phi) is 6.92. The van der Waals surface area contributed by atoms with Crippen LogP contribution in [0.4, 0.5) is 20.7 Å². The molecule has 0 spiro atoms. The molecule has 2 aromatic rings. The summed E-state index contributed by atoms with van der Waals surface area (Å²) in [6.45, 7) is -0.542. The number of aromatic nitrogens is 2. The summed E-state index contributed by atoms with van der Waals surface area (Å²) in [6.07, 6.45) is -1.16. The highest BCUT2D eigenvalue weighted by atomic mass is 127. The molecule has 1 aromatic heterocycles. The monoisotopic (exact) mass is 494 g/mol. The number of aliphatic hydroxyl groups is 1. The Hall–Kier alpha value is -2.45. The lowest BCUT2D eigenvalue weighted by molar-refractivity contribution is 0.0244. The number of ether oxygens (including phenoxy) is 1. The van der Waals surface area contributed by atoms with Gasteiger partial charge in [-0.05, 0) is 40.8 Å². The minimum atomic E-state index is -1.16. The van der Waals surface area contributed by atoms with Crippen LogP contribution in [-0.2, 0) is 18.9 Å². The molecule has 27 heavy (non-hydrogen) atoms. The summed E-state index contributed by atoms with van der Waals surface area (Å²) < 4.78 is 21.5. The zero-order valence-corrected chi connectivity index (χ0v) is 16.4. The lowest BCUT2D eigenvalue weighted by Crippen LogP contribution is -2.40. The molecule has 0 saturated heterocycles. The molecule has 1 amide bonds. The zero-order chi connectivity index (χ0) is 20.1. The molecule has 0 aliphatic heterocycles. The molecule has 0 bridgehead atoms. The van der Waals surface area contributed by atoms with Gasteiger partial charge in [-0.1, -0.05) is 0 Å². The Labute approximate surface area is 165 Å². The molecule has 2 rings (SSSR count). The fraction of sp³-hybridized carbons (Fsp3) is 0.267. The summed E-state index contributed by atoms with van der Waals surface area (Å²) in [7, 11) is 2.52. The topological polar surface area (TPSA) is 124 Å². The third kappa shape index (κ3) is 4.84. The number of nitrogens with one attached hydrogen (secondary N) is 2. The van der Waals surface area contributed by atoms with Crippen molar-refractivity contribution < 1.29 is 23.9 Å². The summed E-state index contributed by atoms with van der Waals surface area (Å²) in [5.74, 6) is -1.39. The van der Waals surface area contributed by atoms with Gasteiger partial charge in [0.25, 0.3) is 0 Å². The molecule has 1 heterocycles. The van der Waals surface area contributed by atoms with Crippen LogP contribution in [0.3, 0.4) is 0 Å². The quantitative estimate of drug-likeness (QED) is 0.305. The second-order valence-electron chi connectivity index (χ2n) is 5.20. The van der Waals surface area contributed by atoms with E-state index in [0.29, 0.717) is 3.57 Å². The van der Waals surface area contributed by atoms with Gasteiger partial charge in [0.05, 0.1) is 18.9 Å². The van der Waals surface area contributed by atoms with Crippen molar-refractivity contribution in [3.05, 3.63) is 48.4 Å². The summed E-state index contributed by atoms with van der Waals surface area (Å²) in [5, 5.41) is 11.2. The van der Waals surface area contributed by atoms with Gasteiger partial charge in [0.1, 0.15) is 5.82 Å². The number of nitrogens with zero attached hydrogens (tertiary/aromatic N) is 2. The van der Waals surface area contributed by atoms with E-state index in [-0.39, 0.29) is 24.7 Å². The first kappa shape index (κ1) is 20.9. The maximum atomic E-state index is 14.1. The second kappa shape index (κ2) is 8.96. The number of benzene rings is 1. The molecule has 0 saturated carbocycles. The number of hydroxylamine groups is 1. The molecule has 146 valence electrons. The Morgan fingerprint density at radius 1 is 1.30 bits per heavy atom. The molecule has 0 radical (unpaired) electrons. The third-order valence-electron chi connectivity index (χ3n) is 3.35. The molecule has 10 nitrogen and oxygen atoms in total. The number of carbonyl (C=O) groups is 1. The van der Waals surface area contributed by atoms with Crippen LogP contribution in [0.1, 0.15) is 0 Å². The molecular formula is C15H16FIN4O6. The van der Waals surface area contributed by atoms with Crippen molar-refractivity contribution in [1.29, 1.82) is 0 Å². The van der Waals surface area contributed by atoms with Gasteiger partial charge in [0, 0.05) is 17.7 Å². The van der Waals surface area contributed by atoms with Crippen LogP contribution in [0, 0.1) is 9.39 Å². The van der Waals surface area contributed by atoms with E-state index in [9.17, 15) is 18.8 Å². The number of carbonyl (C=O) groups excluding carboxylic acids is 1. The summed E-state index contributed by atoms with van der Waals surface area (Å²) in [5.41, 5.74) is 0.212. The third-order valence-corrected chi connectivity index (χ3v) is 4.02. The van der Waals surface area contributed by atoms with Gasteiger partial charge in [-0.25, -0.2) is 14.0 Å². The predicted molar refractivity (Wildman–Crippen MR) is 102 cm³/mol. The van der Waals surface area contributed by atoms with Gasteiger partial charge >= 0.3 is 17.3 Å². The first-order valence-corrected chi connectivity index (χ1v) is 8.56. The van der Waals surface area contributed by atoms with Gasteiger partial charge in [0.15, 0.2) is 5.82 Å². The fourth-order valence-corrected chi connectivity index (χ4v) is 2.49. The van der Waals surface area contributed by atoms with Crippen molar-refractivity contribution in [2.24, 2.45) is 14.1 Å². The summed E-state index contributed by atoms with van der Waals surface area (Å²) >= 11 is 1.93. The standard InChI is InChI=1S/C15H16FIN4O6/c1-20-12(18-10-4-3-8(17)7-9(10)16)11(13(23)21(2)15(20)25)27-14(24)19-26-6-5-22/h3-4,7,18,22H,5-6H2,1-2H3,(H,19,24). The smallest absolute Gasteiger partial charge is 0.399 e. The number of hydrogen-bond acceptors (Lipinski definition) is 7. The largest absolute Gasteiger partial charge is 0.437 e. The minimum absolute atomic E-state index is 0.0274. The van der Waals surface area contributed by atoms with E-state index in [2.05, 4.69) is 10.2 Å². The highest BCUT2D eigenvalue weighted by molar-refractivity contribution is 14.1. The van der Waals surface area contributed by atoms with Crippen LogP contribution in [0.25, 0.3) is 0 Å². The molecule has 3 N–H and O–H groups in total. The van der Waals surface area contributed by atoms with E-state index in [1.54, 1.807) is 6.07 Å². The highest BCUT2D eigenvalue weighted by Crippen LogP contribution is 2.25. The maximum absolute atomic E-state index is 14.1. The average Bonchev–Trinajstić information content (AvgIpc) is 2.63. The second-order valence-corrected chi connectivity index (χ2v) is 6.44. The highest BCUT2D eigenvalue weighted by Gasteiger charge is 2.21. The van der Waals surface area contributed by atoms with Gasteiger partial charge in [0.2, 0.25) is 5.75 Å². The first-order chi connectivity index (χ1) is 12.8. The zero-order valence-electron chi connectivity index (χ0n) is 14.3. The van der Waals surface area contributed by atoms with Crippen LogP contribution in [0.5, 0.6) is 5.75 Å². The summed E-state index contributed by atoms with van der Waals surface area (Å²) in [4.78, 5) is 40.9. The van der Waals surface area contributed by atoms with Gasteiger partial charge in [-0.2, -0.15) is 5.48 Å². The van der Waals surface area contributed by atoms with Crippen molar-refractivity contribution in [1.82, 2.24) is 14.6 Å². The number of anilines is 2. The molecule has 1 aromatic carbocycles.